The summed E-state index contributed by atoms with van der Waals surface area (Å²) in [6.45, 7) is 2.58. The maximum absolute atomic E-state index is 13.0. The van der Waals surface area contributed by atoms with Gasteiger partial charge < -0.3 is 20.6 Å². The van der Waals surface area contributed by atoms with Gasteiger partial charge in [0.25, 0.3) is 5.91 Å². The number of aliphatic imine (C=N–C) groups is 1. The van der Waals surface area contributed by atoms with Gasteiger partial charge in [0.05, 0.1) is 23.5 Å². The predicted molar refractivity (Wildman–Crippen MR) is 129 cm³/mol. The lowest BCUT2D eigenvalue weighted by atomic mass is 9.94. The number of nitrogens with zero attached hydrogens (tertiary/aromatic N) is 2. The van der Waals surface area contributed by atoms with Gasteiger partial charge in [0.15, 0.2) is 0 Å². The van der Waals surface area contributed by atoms with E-state index in [0.717, 1.165) is 31.4 Å². The fraction of sp³-hybridized carbons (Fsp3) is 0.522. The Kier molecular flexibility index (Phi) is 11.2. The molecular weight excluding hydrogens is 412 g/mol. The van der Waals surface area contributed by atoms with Gasteiger partial charge in [0.2, 0.25) is 5.91 Å². The largest absolute Gasteiger partial charge is 0.396 e. The molecule has 0 heterocycles. The average molecular weight is 447 g/mol. The maximum Gasteiger partial charge on any atom is 0.253 e. The summed E-state index contributed by atoms with van der Waals surface area (Å²) >= 11 is 1.41. The molecule has 8 heteroatoms. The van der Waals surface area contributed by atoms with Crippen LogP contribution in [-0.2, 0) is 4.79 Å². The summed E-state index contributed by atoms with van der Waals surface area (Å²) in [5.74, 6) is 0.144. The van der Waals surface area contributed by atoms with Crippen molar-refractivity contribution >= 4 is 41.3 Å². The summed E-state index contributed by atoms with van der Waals surface area (Å²) in [5, 5.41) is 16.8. The Hall–Kier alpha value is -2.32. The van der Waals surface area contributed by atoms with Crippen LogP contribution in [0.5, 0.6) is 0 Å². The first-order valence-electron chi connectivity index (χ1n) is 10.9. The Labute approximate surface area is 189 Å². The summed E-state index contributed by atoms with van der Waals surface area (Å²) in [6, 6.07) is 5.66. The molecule has 0 spiro atoms. The number of aliphatic hydroxyl groups excluding tert-OH is 1. The smallest absolute Gasteiger partial charge is 0.253 e. The topological polar surface area (TPSA) is 94.0 Å². The van der Waals surface area contributed by atoms with Gasteiger partial charge in [0.1, 0.15) is 0 Å². The highest BCUT2D eigenvalue weighted by atomic mass is 32.2. The third-order valence-electron chi connectivity index (χ3n) is 5.21. The second kappa shape index (κ2) is 13.9. The van der Waals surface area contributed by atoms with E-state index in [2.05, 4.69) is 15.6 Å². The minimum Gasteiger partial charge on any atom is -0.396 e. The number of carbonyl (C=O) groups excluding carboxylic acids is 2. The van der Waals surface area contributed by atoms with Crippen molar-refractivity contribution in [2.75, 3.05) is 31.3 Å². The third-order valence-corrected chi connectivity index (χ3v) is 6.11. The van der Waals surface area contributed by atoms with Gasteiger partial charge in [0, 0.05) is 31.8 Å². The number of carbonyl (C=O) groups is 2. The summed E-state index contributed by atoms with van der Waals surface area (Å²) < 4.78 is 0. The molecule has 0 aliphatic heterocycles. The number of hydrogen-bond acceptors (Lipinski definition) is 6. The van der Waals surface area contributed by atoms with Crippen molar-refractivity contribution < 1.29 is 14.7 Å². The van der Waals surface area contributed by atoms with E-state index in [1.54, 1.807) is 12.1 Å². The van der Waals surface area contributed by atoms with E-state index in [1.165, 1.54) is 24.5 Å². The normalized spacial score (nSPS) is 14.8. The molecule has 170 valence electrons. The van der Waals surface area contributed by atoms with Crippen LogP contribution in [0.3, 0.4) is 0 Å². The summed E-state index contributed by atoms with van der Waals surface area (Å²) in [7, 11) is 1.87. The molecule has 1 aliphatic carbocycles. The number of nitrogens with one attached hydrogen (secondary N) is 2. The van der Waals surface area contributed by atoms with Crippen LogP contribution in [0.2, 0.25) is 0 Å². The minimum absolute atomic E-state index is 0.0166. The van der Waals surface area contributed by atoms with E-state index >= 15 is 0 Å². The number of amides is 2. The summed E-state index contributed by atoms with van der Waals surface area (Å²) in [5.41, 5.74) is 1.89. The van der Waals surface area contributed by atoms with Crippen LogP contribution in [0.25, 0.3) is 0 Å². The molecule has 2 rings (SSSR count). The van der Waals surface area contributed by atoms with Crippen molar-refractivity contribution in [1.82, 2.24) is 10.2 Å². The average Bonchev–Trinajstić information content (AvgIpc) is 2.79. The van der Waals surface area contributed by atoms with E-state index in [1.807, 2.05) is 36.4 Å². The maximum atomic E-state index is 13.0. The van der Waals surface area contributed by atoms with Gasteiger partial charge in [-0.2, -0.15) is 0 Å². The first-order valence-corrected chi connectivity index (χ1v) is 11.9. The quantitative estimate of drug-likeness (QED) is 0.272. The van der Waals surface area contributed by atoms with E-state index < -0.39 is 0 Å². The molecule has 1 aliphatic rings. The molecule has 0 atom stereocenters. The minimum atomic E-state index is -0.147. The standard InChI is InChI=1S/C23H34N4O3S/c1-3-14-31-16-22(29)26-17-25-21-15-18(10-11-20(21)24-12-7-13-28)23(30)27(2)19-8-5-4-6-9-19/h3,10-11,14-15,17,19,24,28H,4-9,12-13,16H2,1-2H3,(H,25,26,29)/b14-3-. The van der Waals surface area contributed by atoms with Gasteiger partial charge in [-0.15, -0.1) is 11.8 Å². The van der Waals surface area contributed by atoms with Crippen molar-refractivity contribution in [2.24, 2.45) is 4.99 Å². The highest BCUT2D eigenvalue weighted by Gasteiger charge is 2.23. The Morgan fingerprint density at radius 1 is 1.29 bits per heavy atom. The molecule has 0 radical (unpaired) electrons. The Bertz CT molecular complexity index is 776. The number of thioether (sulfide) groups is 1. The van der Waals surface area contributed by atoms with Crippen LogP contribution in [-0.4, -0.2) is 60.2 Å². The van der Waals surface area contributed by atoms with E-state index in [4.69, 9.17) is 5.11 Å². The van der Waals surface area contributed by atoms with Gasteiger partial charge in [-0.1, -0.05) is 25.3 Å². The van der Waals surface area contributed by atoms with Crippen molar-refractivity contribution in [3.63, 3.8) is 0 Å². The van der Waals surface area contributed by atoms with Crippen LogP contribution in [0.1, 0.15) is 55.8 Å². The lowest BCUT2D eigenvalue weighted by Gasteiger charge is -2.31. The summed E-state index contributed by atoms with van der Waals surface area (Å²) in [6.07, 6.45) is 9.51. The number of anilines is 1. The van der Waals surface area contributed by atoms with Crippen molar-refractivity contribution in [3.05, 3.63) is 35.2 Å². The van der Waals surface area contributed by atoms with Crippen LogP contribution >= 0.6 is 11.8 Å². The van der Waals surface area contributed by atoms with Crippen LogP contribution in [0.4, 0.5) is 11.4 Å². The molecule has 0 saturated heterocycles. The number of rotatable bonds is 11. The predicted octanol–water partition coefficient (Wildman–Crippen LogP) is 3.93. The fourth-order valence-electron chi connectivity index (χ4n) is 3.50. The second-order valence-electron chi connectivity index (χ2n) is 7.55. The fourth-order valence-corrected chi connectivity index (χ4v) is 4.02. The zero-order valence-electron chi connectivity index (χ0n) is 18.5. The Morgan fingerprint density at radius 3 is 2.77 bits per heavy atom. The highest BCUT2D eigenvalue weighted by Crippen LogP contribution is 2.28. The van der Waals surface area contributed by atoms with Gasteiger partial charge in [-0.25, -0.2) is 4.99 Å². The Morgan fingerprint density at radius 2 is 2.06 bits per heavy atom. The van der Waals surface area contributed by atoms with E-state index in [0.29, 0.717) is 30.0 Å². The molecule has 3 N–H and O–H groups in total. The van der Waals surface area contributed by atoms with Crippen molar-refractivity contribution in [3.8, 4) is 0 Å². The zero-order valence-corrected chi connectivity index (χ0v) is 19.3. The third kappa shape index (κ3) is 8.38. The van der Waals surface area contributed by atoms with Crippen LogP contribution in [0.15, 0.2) is 34.7 Å². The number of aliphatic hydroxyl groups is 1. The molecule has 7 nitrogen and oxygen atoms in total. The molecule has 1 fully saturated rings. The monoisotopic (exact) mass is 446 g/mol. The van der Waals surface area contributed by atoms with Crippen molar-refractivity contribution in [2.45, 2.75) is 51.5 Å². The highest BCUT2D eigenvalue weighted by molar-refractivity contribution is 8.02. The molecule has 2 amide bonds. The summed E-state index contributed by atoms with van der Waals surface area (Å²) in [4.78, 5) is 31.2. The molecule has 31 heavy (non-hydrogen) atoms. The molecule has 0 bridgehead atoms. The lowest BCUT2D eigenvalue weighted by Crippen LogP contribution is -2.38. The zero-order chi connectivity index (χ0) is 22.5. The van der Waals surface area contributed by atoms with Crippen LogP contribution in [0, 0.1) is 0 Å². The molecule has 0 aromatic heterocycles. The van der Waals surface area contributed by atoms with E-state index in [-0.39, 0.29) is 24.5 Å². The number of benzene rings is 1. The number of hydrogen-bond donors (Lipinski definition) is 3. The van der Waals surface area contributed by atoms with E-state index in [9.17, 15) is 9.59 Å². The van der Waals surface area contributed by atoms with Gasteiger partial charge in [-0.3, -0.25) is 9.59 Å². The SMILES string of the molecule is C/C=C\SCC(=O)NC=Nc1cc(C(=O)N(C)C2CCCCC2)ccc1NCCCO. The Balaban J connectivity index is 2.12. The van der Waals surface area contributed by atoms with Crippen molar-refractivity contribution in [1.29, 1.82) is 0 Å². The first kappa shape index (κ1) is 24.9. The van der Waals surface area contributed by atoms with Gasteiger partial charge >= 0.3 is 0 Å². The molecule has 1 saturated carbocycles. The second-order valence-corrected chi connectivity index (χ2v) is 8.44. The molecule has 1 aromatic rings. The molecular formula is C23H34N4O3S. The molecule has 1 aromatic carbocycles. The number of allylic oxidation sites excluding steroid dienone is 1. The first-order chi connectivity index (χ1) is 15.1. The van der Waals surface area contributed by atoms with Crippen LogP contribution < -0.4 is 10.6 Å². The van der Waals surface area contributed by atoms with Gasteiger partial charge in [-0.05, 0) is 49.8 Å². The molecule has 0 unspecified atom stereocenters. The lowest BCUT2D eigenvalue weighted by molar-refractivity contribution is -0.117.